The van der Waals surface area contributed by atoms with Gasteiger partial charge >= 0.3 is 44.9 Å². The zero-order valence-corrected chi connectivity index (χ0v) is 9.88. The fourth-order valence-corrected chi connectivity index (χ4v) is 0. The Balaban J connectivity index is -0.000000000833. The largest absolute Gasteiger partial charge is 0 e. The molecule has 14 valence electrons. The molecule has 0 unspecified atom stereocenters. The molecule has 0 aliphatic heterocycles. The third-order valence-electron chi connectivity index (χ3n) is 0. The van der Waals surface area contributed by atoms with Gasteiger partial charge in [0.25, 0.3) is 0 Å². The van der Waals surface area contributed by atoms with E-state index < -0.39 is 0 Å². The maximum Gasteiger partial charge on any atom is 0 e. The molecule has 0 aromatic rings. The summed E-state index contributed by atoms with van der Waals surface area (Å²) >= 11 is 0.125. The van der Waals surface area contributed by atoms with Gasteiger partial charge in [-0.3, -0.25) is 0 Å². The normalized spacial score (nSPS) is 1.50. The van der Waals surface area contributed by atoms with Crippen LogP contribution < -0.4 is 0 Å². The van der Waals surface area contributed by atoms with E-state index >= 15 is 0 Å². The Morgan fingerprint density at radius 1 is 1.50 bits per heavy atom. The quantitative estimate of drug-likeness (QED) is 0.460. The molecule has 0 bridgehead atoms. The van der Waals surface area contributed by atoms with Crippen molar-refractivity contribution in [2.24, 2.45) is 0 Å². The third-order valence-corrected chi connectivity index (χ3v) is 0. The van der Waals surface area contributed by atoms with Gasteiger partial charge in [0, 0.05) is 19.5 Å². The van der Waals surface area contributed by atoms with Crippen LogP contribution in [0.25, 0.3) is 0 Å². The molecule has 0 fully saturated rings. The number of hydrogen-bond donors (Lipinski definition) is 0. The predicted octanol–water partition coefficient (Wildman–Crippen LogP) is -0.280. The Morgan fingerprint density at radius 3 is 1.50 bits per heavy atom. The average Bonchev–Trinajstić information content (AvgIpc) is 1.00. The molecule has 0 spiro atoms. The van der Waals surface area contributed by atoms with E-state index in [0.29, 0.717) is 0 Å². The first-order chi connectivity index (χ1) is 1.00. The van der Waals surface area contributed by atoms with Gasteiger partial charge in [-0.15, -0.1) is 0 Å². The van der Waals surface area contributed by atoms with Crippen LogP contribution in [-0.4, -0.2) is 23.1 Å². The molecule has 1 nitrogen and oxygen atoms in total. The summed E-state index contributed by atoms with van der Waals surface area (Å²) in [4.78, 5) is 0. The van der Waals surface area contributed by atoms with E-state index in [1.54, 1.807) is 0 Å². The van der Waals surface area contributed by atoms with Gasteiger partial charge in [-0.1, -0.05) is 0 Å². The van der Waals surface area contributed by atoms with Crippen LogP contribution in [0.1, 0.15) is 2.85 Å². The minimum Gasteiger partial charge on any atom is 0 e. The summed E-state index contributed by atoms with van der Waals surface area (Å²) in [6.45, 7) is 0. The van der Waals surface area contributed by atoms with Gasteiger partial charge in [0.05, 0.1) is 0 Å². The maximum atomic E-state index is 8.38. The summed E-state index contributed by atoms with van der Waals surface area (Å²) in [6, 6.07) is 0. The summed E-state index contributed by atoms with van der Waals surface area (Å²) in [5.74, 6) is 0. The summed E-state index contributed by atoms with van der Waals surface area (Å²) < 4.78 is 8.38. The van der Waals surface area contributed by atoms with E-state index in [1.807, 2.05) is 0 Å². The van der Waals surface area contributed by atoms with E-state index in [4.69, 9.17) is 3.57 Å². The van der Waals surface area contributed by atoms with Crippen LogP contribution in [0.2, 0.25) is 0 Å². The van der Waals surface area contributed by atoms with Crippen molar-refractivity contribution in [3.8, 4) is 0 Å². The summed E-state index contributed by atoms with van der Waals surface area (Å²) in [7, 11) is 0. The predicted molar refractivity (Wildman–Crippen MR) is 8.66 cm³/mol. The molecular formula is H2MgOZn2. The minimum absolute atomic E-state index is 0. The van der Waals surface area contributed by atoms with E-state index in [2.05, 4.69) is 0 Å². The van der Waals surface area contributed by atoms with Gasteiger partial charge in [-0.05, 0) is 0 Å². The Bertz CT molecular complexity index is 11.5. The van der Waals surface area contributed by atoms with Gasteiger partial charge in [0.2, 0.25) is 0 Å². The molecular weight excluding hydrogens is 171 g/mol. The molecule has 0 saturated heterocycles. The Morgan fingerprint density at radius 2 is 1.50 bits per heavy atom. The Labute approximate surface area is 66.7 Å². The van der Waals surface area contributed by atoms with Crippen molar-refractivity contribution in [1.82, 2.24) is 0 Å². The van der Waals surface area contributed by atoms with Crippen LogP contribution in [0.15, 0.2) is 0 Å². The van der Waals surface area contributed by atoms with Crippen LogP contribution >= 0.6 is 0 Å². The maximum absolute atomic E-state index is 8.38. The summed E-state index contributed by atoms with van der Waals surface area (Å²) in [5, 5.41) is 0. The van der Waals surface area contributed by atoms with Crippen LogP contribution in [0.4, 0.5) is 0 Å². The third kappa shape index (κ3) is 9.18. The molecule has 4 heteroatoms. The SMILES string of the molecule is [H-].[H-].[Mg+2].[O]=[Zn].[Zn]. The van der Waals surface area contributed by atoms with Crippen molar-refractivity contribution >= 4 is 23.1 Å². The smallest absolute Gasteiger partial charge is 0 e. The van der Waals surface area contributed by atoms with E-state index in [1.165, 1.54) is 0 Å². The fraction of sp³-hybridized carbons (Fsp3) is 0. The van der Waals surface area contributed by atoms with Crippen molar-refractivity contribution in [2.45, 2.75) is 0 Å². The summed E-state index contributed by atoms with van der Waals surface area (Å²) in [6.07, 6.45) is 0. The molecule has 0 N–H and O–H groups in total. The molecule has 4 heavy (non-hydrogen) atoms. The van der Waals surface area contributed by atoms with Gasteiger partial charge < -0.3 is 2.85 Å². The molecule has 0 amide bonds. The van der Waals surface area contributed by atoms with Crippen molar-refractivity contribution < 1.29 is 44.2 Å². The van der Waals surface area contributed by atoms with Crippen LogP contribution in [0.3, 0.4) is 0 Å². The number of rotatable bonds is 0. The molecule has 0 heterocycles. The second-order valence-electron chi connectivity index (χ2n) is 0. The van der Waals surface area contributed by atoms with Crippen molar-refractivity contribution in [1.29, 1.82) is 0 Å². The van der Waals surface area contributed by atoms with Gasteiger partial charge in [-0.2, -0.15) is 0 Å². The van der Waals surface area contributed by atoms with Crippen LogP contribution in [0, 0.1) is 0 Å². The first-order valence-electron chi connectivity index (χ1n) is 0.289. The van der Waals surface area contributed by atoms with Gasteiger partial charge in [0.15, 0.2) is 0 Å². The zero-order valence-electron chi connectivity index (χ0n) is 4.53. The molecule has 0 aliphatic rings. The Kier molecular flexibility index (Phi) is 90.6. The van der Waals surface area contributed by atoms with Crippen molar-refractivity contribution in [2.75, 3.05) is 0 Å². The van der Waals surface area contributed by atoms with Crippen molar-refractivity contribution in [3.63, 3.8) is 0 Å². The van der Waals surface area contributed by atoms with Crippen LogP contribution in [-0.2, 0) is 41.3 Å². The fourth-order valence-electron chi connectivity index (χ4n) is 0. The summed E-state index contributed by atoms with van der Waals surface area (Å²) in [5.41, 5.74) is 0. The van der Waals surface area contributed by atoms with E-state index in [9.17, 15) is 0 Å². The first kappa shape index (κ1) is 17.0. The second-order valence-corrected chi connectivity index (χ2v) is 0. The average molecular weight is 173 g/mol. The van der Waals surface area contributed by atoms with Gasteiger partial charge in [0.1, 0.15) is 0 Å². The Hall–Kier alpha value is 1.81. The molecule has 0 atom stereocenters. The first-order valence-corrected chi connectivity index (χ1v) is 1.50. The second kappa shape index (κ2) is 21.3. The standard InChI is InChI=1S/Mg.O.2Zn.2H/q+2;;;;2*-1. The number of hydrogen-bond acceptors (Lipinski definition) is 1. The minimum atomic E-state index is 0. The van der Waals surface area contributed by atoms with Crippen molar-refractivity contribution in [3.05, 3.63) is 0 Å². The van der Waals surface area contributed by atoms with Gasteiger partial charge in [-0.25, -0.2) is 0 Å². The van der Waals surface area contributed by atoms with E-state index in [-0.39, 0.29) is 63.6 Å². The topological polar surface area (TPSA) is 17.1 Å². The molecule has 0 saturated carbocycles. The monoisotopic (exact) mass is 170 g/mol. The molecule has 0 aliphatic carbocycles. The molecule has 0 radical (unpaired) electrons. The molecule has 0 aromatic carbocycles. The van der Waals surface area contributed by atoms with Crippen LogP contribution in [0.5, 0.6) is 0 Å². The van der Waals surface area contributed by atoms with E-state index in [0.717, 1.165) is 0 Å². The molecule has 0 aromatic heterocycles. The zero-order chi connectivity index (χ0) is 2.00. The molecule has 0 rings (SSSR count).